The van der Waals surface area contributed by atoms with Crippen LogP contribution in [0.2, 0.25) is 0 Å². The first-order valence-electron chi connectivity index (χ1n) is 6.07. The molecular weight excluding hydrogens is 318 g/mol. The summed E-state index contributed by atoms with van der Waals surface area (Å²) < 4.78 is 26.6. The number of nitrogens with one attached hydrogen (secondary N) is 1. The predicted octanol–water partition coefficient (Wildman–Crippen LogP) is 0.281. The second-order valence-corrected chi connectivity index (χ2v) is 7.95. The Morgan fingerprint density at radius 2 is 2.30 bits per heavy atom. The Kier molecular flexibility index (Phi) is 4.43. The number of carbonyl (C=O) groups is 1. The molecule has 0 bridgehead atoms. The van der Waals surface area contributed by atoms with Crippen molar-refractivity contribution in [3.05, 3.63) is 17.0 Å². The van der Waals surface area contributed by atoms with Crippen molar-refractivity contribution in [1.29, 1.82) is 0 Å². The first kappa shape index (κ1) is 15.4. The van der Waals surface area contributed by atoms with Gasteiger partial charge in [-0.1, -0.05) is 19.1 Å². The maximum Gasteiger partial charge on any atom is 0.253 e. The molecule has 1 aliphatic heterocycles. The van der Waals surface area contributed by atoms with Crippen molar-refractivity contribution in [2.24, 2.45) is 5.73 Å². The molecule has 1 aliphatic rings. The van der Waals surface area contributed by atoms with E-state index in [9.17, 15) is 13.2 Å². The van der Waals surface area contributed by atoms with Gasteiger partial charge < -0.3 is 11.1 Å². The molecule has 20 heavy (non-hydrogen) atoms. The van der Waals surface area contributed by atoms with Crippen LogP contribution in [0.25, 0.3) is 0 Å². The Balaban J connectivity index is 2.37. The smallest absolute Gasteiger partial charge is 0.253 e. The largest absolute Gasteiger partial charge is 0.389 e. The first-order chi connectivity index (χ1) is 9.37. The zero-order valence-electron chi connectivity index (χ0n) is 10.8. The lowest BCUT2D eigenvalue weighted by Crippen LogP contribution is -2.56. The average Bonchev–Trinajstić information content (AvgIpc) is 2.88. The molecule has 1 unspecified atom stereocenters. The third-order valence-electron chi connectivity index (χ3n) is 3.06. The maximum absolute atomic E-state index is 12.6. The summed E-state index contributed by atoms with van der Waals surface area (Å²) in [5, 5.41) is 2.68. The number of hydrogen-bond donors (Lipinski definition) is 2. The van der Waals surface area contributed by atoms with E-state index in [1.165, 1.54) is 10.4 Å². The lowest BCUT2D eigenvalue weighted by Gasteiger charge is -2.32. The molecule has 1 amide bonds. The summed E-state index contributed by atoms with van der Waals surface area (Å²) in [5.74, 6) is -0.256. The highest BCUT2D eigenvalue weighted by Gasteiger charge is 2.38. The Morgan fingerprint density at radius 3 is 2.85 bits per heavy atom. The first-order valence-corrected chi connectivity index (χ1v) is 8.73. The van der Waals surface area contributed by atoms with Gasteiger partial charge in [0, 0.05) is 13.1 Å². The molecule has 0 aromatic carbocycles. The van der Waals surface area contributed by atoms with Gasteiger partial charge in [0.05, 0.1) is 4.88 Å². The van der Waals surface area contributed by atoms with Gasteiger partial charge in [0.2, 0.25) is 5.91 Å². The fraction of sp³-hybridized carbons (Fsp3) is 0.455. The summed E-state index contributed by atoms with van der Waals surface area (Å²) in [5.41, 5.74) is 5.49. The topological polar surface area (TPSA) is 92.5 Å². The van der Waals surface area contributed by atoms with Crippen molar-refractivity contribution in [2.75, 3.05) is 13.1 Å². The zero-order valence-corrected chi connectivity index (χ0v) is 13.3. The van der Waals surface area contributed by atoms with Gasteiger partial charge in [-0.25, -0.2) is 8.42 Å². The fourth-order valence-corrected chi connectivity index (χ4v) is 5.22. The van der Waals surface area contributed by atoms with Crippen LogP contribution in [-0.2, 0) is 14.8 Å². The van der Waals surface area contributed by atoms with Crippen molar-refractivity contribution >= 4 is 44.5 Å². The van der Waals surface area contributed by atoms with E-state index in [1.54, 1.807) is 13.0 Å². The lowest BCUT2D eigenvalue weighted by atomic mass is 10.2. The maximum atomic E-state index is 12.6. The molecule has 0 saturated carbocycles. The molecule has 0 radical (unpaired) electrons. The van der Waals surface area contributed by atoms with Crippen LogP contribution in [0, 0.1) is 0 Å². The van der Waals surface area contributed by atoms with Crippen LogP contribution in [0.5, 0.6) is 0 Å². The van der Waals surface area contributed by atoms with E-state index in [4.69, 9.17) is 18.0 Å². The molecule has 0 aliphatic carbocycles. The number of nitrogens with two attached hydrogens (primary N) is 1. The van der Waals surface area contributed by atoms with Gasteiger partial charge in [-0.2, -0.15) is 4.31 Å². The molecule has 1 fully saturated rings. The van der Waals surface area contributed by atoms with Crippen molar-refractivity contribution in [2.45, 2.75) is 23.6 Å². The Bertz CT molecular complexity index is 638. The van der Waals surface area contributed by atoms with Crippen LogP contribution in [0.3, 0.4) is 0 Å². The molecule has 1 aromatic rings. The normalized spacial score (nSPS) is 20.6. The molecule has 9 heteroatoms. The molecule has 1 aromatic heterocycles. The molecule has 6 nitrogen and oxygen atoms in total. The van der Waals surface area contributed by atoms with Crippen LogP contribution in [0.1, 0.15) is 18.2 Å². The number of carbonyl (C=O) groups excluding carboxylic acids is 1. The molecule has 0 spiro atoms. The van der Waals surface area contributed by atoms with Crippen LogP contribution in [0.15, 0.2) is 16.3 Å². The summed E-state index contributed by atoms with van der Waals surface area (Å²) >= 11 is 5.86. The van der Waals surface area contributed by atoms with E-state index >= 15 is 0 Å². The van der Waals surface area contributed by atoms with Gasteiger partial charge in [-0.05, 0) is 18.6 Å². The highest BCUT2D eigenvalue weighted by molar-refractivity contribution is 7.91. The van der Waals surface area contributed by atoms with Gasteiger partial charge in [0.1, 0.15) is 15.2 Å². The van der Waals surface area contributed by atoms with Crippen LogP contribution >= 0.6 is 23.6 Å². The second kappa shape index (κ2) is 5.76. The number of nitrogens with zero attached hydrogens (tertiary/aromatic N) is 1. The lowest BCUT2D eigenvalue weighted by molar-refractivity contribution is -0.126. The third kappa shape index (κ3) is 2.71. The van der Waals surface area contributed by atoms with Gasteiger partial charge in [-0.3, -0.25) is 4.79 Å². The summed E-state index contributed by atoms with van der Waals surface area (Å²) in [6.07, 6.45) is 0.429. The third-order valence-corrected chi connectivity index (χ3v) is 6.90. The second-order valence-electron chi connectivity index (χ2n) is 4.31. The summed E-state index contributed by atoms with van der Waals surface area (Å²) in [7, 11) is -3.69. The van der Waals surface area contributed by atoms with Crippen LogP contribution in [-0.4, -0.2) is 42.8 Å². The van der Waals surface area contributed by atoms with Gasteiger partial charge >= 0.3 is 0 Å². The summed E-state index contributed by atoms with van der Waals surface area (Å²) in [6.45, 7) is 2.38. The SMILES string of the molecule is CCC1C(=O)NCCN1S(=O)(=O)c1ccc(C(N)=S)s1. The minimum Gasteiger partial charge on any atom is -0.389 e. The van der Waals surface area contributed by atoms with Crippen LogP contribution < -0.4 is 11.1 Å². The Morgan fingerprint density at radius 1 is 1.60 bits per heavy atom. The highest BCUT2D eigenvalue weighted by atomic mass is 32.2. The van der Waals surface area contributed by atoms with E-state index in [0.717, 1.165) is 11.3 Å². The number of amides is 1. The van der Waals surface area contributed by atoms with E-state index in [0.29, 0.717) is 17.8 Å². The van der Waals surface area contributed by atoms with Crippen molar-refractivity contribution in [1.82, 2.24) is 9.62 Å². The summed E-state index contributed by atoms with van der Waals surface area (Å²) in [4.78, 5) is 12.5. The van der Waals surface area contributed by atoms with Gasteiger partial charge in [-0.15, -0.1) is 11.3 Å². The average molecular weight is 333 g/mol. The van der Waals surface area contributed by atoms with E-state index in [2.05, 4.69) is 5.32 Å². The molecule has 110 valence electrons. The number of hydrogen-bond acceptors (Lipinski definition) is 5. The Hall–Kier alpha value is -1.03. The molecular formula is C11H15N3O3S3. The van der Waals surface area contributed by atoms with E-state index in [1.807, 2.05) is 0 Å². The fourth-order valence-electron chi connectivity index (χ4n) is 2.08. The molecule has 1 atom stereocenters. The number of thiophene rings is 1. The minimum absolute atomic E-state index is 0.161. The van der Waals surface area contributed by atoms with E-state index < -0.39 is 16.1 Å². The Labute approximate surface area is 127 Å². The number of piperazine rings is 1. The molecule has 1 saturated heterocycles. The highest BCUT2D eigenvalue weighted by Crippen LogP contribution is 2.27. The predicted molar refractivity (Wildman–Crippen MR) is 81.2 cm³/mol. The molecule has 2 heterocycles. The number of rotatable bonds is 4. The molecule has 2 rings (SSSR count). The monoisotopic (exact) mass is 333 g/mol. The summed E-state index contributed by atoms with van der Waals surface area (Å²) in [6, 6.07) is 2.41. The minimum atomic E-state index is -3.69. The van der Waals surface area contributed by atoms with Crippen molar-refractivity contribution in [3.8, 4) is 0 Å². The van der Waals surface area contributed by atoms with Crippen molar-refractivity contribution in [3.63, 3.8) is 0 Å². The van der Waals surface area contributed by atoms with Gasteiger partial charge in [0.15, 0.2) is 0 Å². The van der Waals surface area contributed by atoms with Crippen molar-refractivity contribution < 1.29 is 13.2 Å². The van der Waals surface area contributed by atoms with Crippen LogP contribution in [0.4, 0.5) is 0 Å². The van der Waals surface area contributed by atoms with Gasteiger partial charge in [0.25, 0.3) is 10.0 Å². The number of sulfonamides is 1. The standard InChI is InChI=1S/C11H15N3O3S3/c1-2-7-11(15)13-5-6-14(7)20(16,17)9-4-3-8(19-9)10(12)18/h3-4,7H,2,5-6H2,1H3,(H2,12,18)(H,13,15). The van der Waals surface area contributed by atoms with E-state index in [-0.39, 0.29) is 21.6 Å². The number of thiocarbonyl (C=S) groups is 1. The zero-order chi connectivity index (χ0) is 14.9. The quantitative estimate of drug-likeness (QED) is 0.772. The molecule has 3 N–H and O–H groups in total.